The summed E-state index contributed by atoms with van der Waals surface area (Å²) in [7, 11) is 1.53. The lowest BCUT2D eigenvalue weighted by Crippen LogP contribution is -2.51. The van der Waals surface area contributed by atoms with Crippen LogP contribution in [-0.2, 0) is 16.0 Å². The summed E-state index contributed by atoms with van der Waals surface area (Å²) in [5, 5.41) is 14.1. The molecule has 10 heteroatoms. The summed E-state index contributed by atoms with van der Waals surface area (Å²) < 4.78 is 21.5. The molecule has 42 heavy (non-hydrogen) atoms. The molecule has 0 saturated carbocycles. The monoisotopic (exact) mass is 572 g/mol. The van der Waals surface area contributed by atoms with Gasteiger partial charge in [-0.05, 0) is 66.6 Å². The van der Waals surface area contributed by atoms with Gasteiger partial charge in [0, 0.05) is 42.8 Å². The second kappa shape index (κ2) is 12.9. The number of benzene rings is 3. The van der Waals surface area contributed by atoms with Crippen molar-refractivity contribution in [3.63, 3.8) is 0 Å². The summed E-state index contributed by atoms with van der Waals surface area (Å²) in [5.41, 5.74) is 1.76. The van der Waals surface area contributed by atoms with Crippen molar-refractivity contribution in [2.24, 2.45) is 0 Å². The fourth-order valence-corrected chi connectivity index (χ4v) is 5.06. The highest BCUT2D eigenvalue weighted by atomic mass is 16.7. The summed E-state index contributed by atoms with van der Waals surface area (Å²) in [6.45, 7) is 4.88. The van der Waals surface area contributed by atoms with E-state index in [0.717, 1.165) is 0 Å². The second-order valence-corrected chi connectivity index (χ2v) is 9.75. The molecule has 0 bridgehead atoms. The lowest BCUT2D eigenvalue weighted by atomic mass is 9.89. The third-order valence-corrected chi connectivity index (χ3v) is 7.25. The first-order valence-electron chi connectivity index (χ1n) is 13.7. The average Bonchev–Trinajstić information content (AvgIpc) is 3.50. The average molecular weight is 573 g/mol. The van der Waals surface area contributed by atoms with Gasteiger partial charge in [-0.2, -0.15) is 0 Å². The molecule has 1 fully saturated rings. The van der Waals surface area contributed by atoms with Crippen LogP contribution in [0.25, 0.3) is 5.57 Å². The number of aliphatic carboxylic acids is 1. The minimum atomic E-state index is -1.25. The molecule has 218 valence electrons. The highest BCUT2D eigenvalue weighted by molar-refractivity contribution is 6.26. The first kappa shape index (κ1) is 28.8. The number of Topliss-reactive ketones (excluding diaryl/α,β-unsaturated/α-hetero) is 1. The normalized spacial score (nSPS) is 15.1. The number of nitrogens with zero attached hydrogens (tertiary/aromatic N) is 2. The number of carbonyl (C=O) groups excluding carboxylic acids is 2. The van der Waals surface area contributed by atoms with Crippen LogP contribution in [0, 0.1) is 0 Å². The first-order valence-corrected chi connectivity index (χ1v) is 13.7. The molecule has 2 aliphatic rings. The molecule has 5 rings (SSSR count). The van der Waals surface area contributed by atoms with Crippen molar-refractivity contribution in [1.82, 2.24) is 10.0 Å². The van der Waals surface area contributed by atoms with E-state index in [9.17, 15) is 19.5 Å². The van der Waals surface area contributed by atoms with E-state index in [1.807, 2.05) is 11.9 Å². The maximum atomic E-state index is 13.9. The fraction of sp³-hybridized carbons (Fsp3) is 0.281. The molecule has 10 nitrogen and oxygen atoms in total. The lowest BCUT2D eigenvalue weighted by Gasteiger charge is -2.36. The maximum absolute atomic E-state index is 13.9. The third-order valence-electron chi connectivity index (χ3n) is 7.25. The van der Waals surface area contributed by atoms with E-state index in [0.29, 0.717) is 72.4 Å². The zero-order valence-corrected chi connectivity index (χ0v) is 23.5. The van der Waals surface area contributed by atoms with Crippen molar-refractivity contribution in [2.45, 2.75) is 13.3 Å². The van der Waals surface area contributed by atoms with Crippen LogP contribution >= 0.6 is 0 Å². The Hall–Kier alpha value is -4.67. The zero-order valence-electron chi connectivity index (χ0n) is 23.5. The molecular formula is C32H32N2O8. The Labute approximate surface area is 243 Å². The molecule has 0 atom stereocenters. The molecule has 0 unspecified atom stereocenters. The Bertz CT molecular complexity index is 1490. The number of morpholine rings is 1. The second-order valence-electron chi connectivity index (χ2n) is 9.75. The van der Waals surface area contributed by atoms with E-state index in [1.54, 1.807) is 71.7 Å². The number of hydrazine groups is 1. The van der Waals surface area contributed by atoms with Crippen molar-refractivity contribution >= 4 is 23.2 Å². The molecule has 0 spiro atoms. The standard InChI is InChI=1S/C32H32N2O8/c1-3-34(33-14-16-40-17-15-33)31(36)23-6-4-21(5-7-23)18-26(30(35)22-8-11-25(39-2)12-9-22)29(32(37)38)24-10-13-27-28(19-24)42-20-41-27/h4-13,19H,3,14-18,20H2,1-2H3,(H,37,38). The number of carboxylic acid groups (broad SMARTS) is 1. The molecule has 0 aliphatic carbocycles. The number of carboxylic acids is 1. The number of carbonyl (C=O) groups is 3. The minimum Gasteiger partial charge on any atom is -0.497 e. The number of methoxy groups -OCH3 is 1. The summed E-state index contributed by atoms with van der Waals surface area (Å²) in [4.78, 5) is 39.9. The van der Waals surface area contributed by atoms with Gasteiger partial charge in [0.25, 0.3) is 5.91 Å². The van der Waals surface area contributed by atoms with Crippen molar-refractivity contribution < 1.29 is 38.4 Å². The van der Waals surface area contributed by atoms with E-state index >= 15 is 0 Å². The van der Waals surface area contributed by atoms with Crippen LogP contribution in [-0.4, -0.2) is 79.5 Å². The van der Waals surface area contributed by atoms with E-state index in [2.05, 4.69) is 0 Å². The summed E-state index contributed by atoms with van der Waals surface area (Å²) in [5.74, 6) is -0.331. The van der Waals surface area contributed by atoms with Gasteiger partial charge in [0.1, 0.15) is 5.75 Å². The number of hydrogen-bond acceptors (Lipinski definition) is 8. The smallest absolute Gasteiger partial charge is 0.336 e. The van der Waals surface area contributed by atoms with Crippen LogP contribution in [0.2, 0.25) is 0 Å². The number of rotatable bonds is 10. The molecule has 3 aromatic carbocycles. The molecule has 0 aromatic heterocycles. The number of amides is 1. The van der Waals surface area contributed by atoms with Crippen LogP contribution in [0.3, 0.4) is 0 Å². The van der Waals surface area contributed by atoms with Gasteiger partial charge in [0.2, 0.25) is 6.79 Å². The van der Waals surface area contributed by atoms with Gasteiger partial charge >= 0.3 is 5.97 Å². The molecule has 0 radical (unpaired) electrons. The maximum Gasteiger partial charge on any atom is 0.336 e. The van der Waals surface area contributed by atoms with Gasteiger partial charge in [-0.1, -0.05) is 18.2 Å². The van der Waals surface area contributed by atoms with Crippen LogP contribution in [0.5, 0.6) is 17.2 Å². The lowest BCUT2D eigenvalue weighted by molar-refractivity contribution is -0.130. The van der Waals surface area contributed by atoms with Crippen molar-refractivity contribution in [2.75, 3.05) is 46.8 Å². The van der Waals surface area contributed by atoms with Gasteiger partial charge < -0.3 is 24.1 Å². The fourth-order valence-electron chi connectivity index (χ4n) is 5.06. The van der Waals surface area contributed by atoms with E-state index in [1.165, 1.54) is 7.11 Å². The van der Waals surface area contributed by atoms with Crippen LogP contribution in [0.1, 0.15) is 38.8 Å². The molecule has 1 amide bonds. The molecule has 3 aromatic rings. The third kappa shape index (κ3) is 6.14. The largest absolute Gasteiger partial charge is 0.497 e. The SMILES string of the molecule is CCN(C(=O)c1ccc(CC(C(=O)c2ccc(OC)cc2)=C(C(=O)O)c2ccc3c(c2)OCO3)cc1)N1CCOCC1. The highest BCUT2D eigenvalue weighted by Crippen LogP contribution is 2.36. The Balaban J connectivity index is 1.50. The van der Waals surface area contributed by atoms with Gasteiger partial charge in [0.15, 0.2) is 17.3 Å². The van der Waals surface area contributed by atoms with Gasteiger partial charge in [-0.25, -0.2) is 9.80 Å². The van der Waals surface area contributed by atoms with Crippen molar-refractivity contribution in [3.05, 3.63) is 94.6 Å². The Morgan fingerprint density at radius 1 is 0.881 bits per heavy atom. The Kier molecular flexibility index (Phi) is 8.85. The molecule has 1 N–H and O–H groups in total. The molecule has 1 saturated heterocycles. The van der Waals surface area contributed by atoms with E-state index < -0.39 is 11.8 Å². The van der Waals surface area contributed by atoms with Crippen LogP contribution in [0.15, 0.2) is 72.3 Å². The number of ketones is 1. The molecular weight excluding hydrogens is 540 g/mol. The predicted molar refractivity (Wildman–Crippen MR) is 154 cm³/mol. The van der Waals surface area contributed by atoms with Crippen molar-refractivity contribution in [3.8, 4) is 17.2 Å². The quantitative estimate of drug-likeness (QED) is 0.283. The number of ether oxygens (including phenoxy) is 4. The topological polar surface area (TPSA) is 115 Å². The van der Waals surface area contributed by atoms with E-state index in [-0.39, 0.29) is 30.3 Å². The van der Waals surface area contributed by atoms with E-state index in [4.69, 9.17) is 18.9 Å². The van der Waals surface area contributed by atoms with Crippen molar-refractivity contribution in [1.29, 1.82) is 0 Å². The number of fused-ring (bicyclic) bond motifs is 1. The van der Waals surface area contributed by atoms with Crippen LogP contribution < -0.4 is 14.2 Å². The summed E-state index contributed by atoms with van der Waals surface area (Å²) in [6, 6.07) is 18.2. The number of hydrogen-bond donors (Lipinski definition) is 1. The molecule has 2 aliphatic heterocycles. The molecule has 2 heterocycles. The summed E-state index contributed by atoms with van der Waals surface area (Å²) in [6.07, 6.45) is 0.0242. The Morgan fingerprint density at radius 3 is 2.17 bits per heavy atom. The zero-order chi connectivity index (χ0) is 29.6. The number of allylic oxidation sites excluding steroid dienone is 1. The van der Waals surface area contributed by atoms with Gasteiger partial charge in [-0.3, -0.25) is 14.6 Å². The first-order chi connectivity index (χ1) is 20.4. The van der Waals surface area contributed by atoms with Gasteiger partial charge in [0.05, 0.1) is 25.9 Å². The summed E-state index contributed by atoms with van der Waals surface area (Å²) >= 11 is 0. The van der Waals surface area contributed by atoms with Gasteiger partial charge in [-0.15, -0.1) is 0 Å². The highest BCUT2D eigenvalue weighted by Gasteiger charge is 2.27. The van der Waals surface area contributed by atoms with Crippen LogP contribution in [0.4, 0.5) is 0 Å². The predicted octanol–water partition coefficient (Wildman–Crippen LogP) is 4.10. The minimum absolute atomic E-state index is 0.0242. The Morgan fingerprint density at radius 2 is 1.52 bits per heavy atom.